The lowest BCUT2D eigenvalue weighted by Crippen LogP contribution is -2.05. The minimum atomic E-state index is -0.333. The lowest BCUT2D eigenvalue weighted by Gasteiger charge is -2.05. The lowest BCUT2D eigenvalue weighted by atomic mass is 10.0. The zero-order valence-corrected chi connectivity index (χ0v) is 28.6. The highest BCUT2D eigenvalue weighted by molar-refractivity contribution is 5.85. The molecule has 0 saturated heterocycles. The van der Waals surface area contributed by atoms with Gasteiger partial charge in [0.05, 0.1) is 0 Å². The quantitative estimate of drug-likeness (QED) is 0.0552. The van der Waals surface area contributed by atoms with E-state index in [0.717, 1.165) is 12.8 Å². The molecule has 0 heterocycles. The van der Waals surface area contributed by atoms with Crippen molar-refractivity contribution in [3.8, 4) is 0 Å². The fraction of sp³-hybridized carbons (Fsp3) is 0.846. The normalized spacial score (nSPS) is 11.7. The third-order valence-electron chi connectivity index (χ3n) is 8.81. The maximum atomic E-state index is 10.6. The van der Waals surface area contributed by atoms with E-state index in [9.17, 15) is 9.59 Å². The van der Waals surface area contributed by atoms with E-state index in [1.165, 1.54) is 211 Å². The summed E-state index contributed by atoms with van der Waals surface area (Å²) < 4.78 is 0. The fourth-order valence-corrected chi connectivity index (χ4v) is 6.05. The first kappa shape index (κ1) is 41.4. The first-order valence-corrected chi connectivity index (χ1v) is 19.0. The maximum absolute atomic E-state index is 10.6. The van der Waals surface area contributed by atoms with E-state index < -0.39 is 0 Å². The molecule has 4 N–H and O–H groups in total. The molecule has 43 heavy (non-hydrogen) atoms. The summed E-state index contributed by atoms with van der Waals surface area (Å²) in [6, 6.07) is 0. The number of carbonyl (C=O) groups is 2. The van der Waals surface area contributed by atoms with Crippen LogP contribution in [0.1, 0.15) is 212 Å². The van der Waals surface area contributed by atoms with Crippen LogP contribution in [0.3, 0.4) is 0 Å². The molecule has 0 unspecified atom stereocenters. The van der Waals surface area contributed by atoms with Gasteiger partial charge in [-0.3, -0.25) is 9.59 Å². The van der Waals surface area contributed by atoms with E-state index in [4.69, 9.17) is 11.5 Å². The van der Waals surface area contributed by atoms with Gasteiger partial charge in [-0.2, -0.15) is 0 Å². The number of allylic oxidation sites excluding steroid dienone is 2. The van der Waals surface area contributed by atoms with Crippen molar-refractivity contribution in [1.82, 2.24) is 0 Å². The van der Waals surface area contributed by atoms with Gasteiger partial charge < -0.3 is 11.5 Å². The molecule has 2 amide bonds. The molecule has 4 heteroatoms. The minimum Gasteiger partial charge on any atom is -0.366 e. The lowest BCUT2D eigenvalue weighted by molar-refractivity contribution is -0.114. The van der Waals surface area contributed by atoms with Crippen molar-refractivity contribution >= 4 is 11.8 Å². The second-order valence-corrected chi connectivity index (χ2v) is 13.1. The molecule has 0 aliphatic rings. The predicted octanol–water partition coefficient (Wildman–Crippen LogP) is 11.9. The molecule has 0 aromatic rings. The Morgan fingerprint density at radius 2 is 0.419 bits per heavy atom. The Morgan fingerprint density at radius 3 is 0.558 bits per heavy atom. The number of amides is 2. The largest absolute Gasteiger partial charge is 0.366 e. The van der Waals surface area contributed by atoms with Crippen molar-refractivity contribution in [3.05, 3.63) is 24.3 Å². The van der Waals surface area contributed by atoms with Crippen LogP contribution in [0.15, 0.2) is 24.3 Å². The van der Waals surface area contributed by atoms with Gasteiger partial charge in [-0.05, 0) is 37.8 Å². The van der Waals surface area contributed by atoms with E-state index >= 15 is 0 Å². The number of rotatable bonds is 36. The van der Waals surface area contributed by atoms with Gasteiger partial charge >= 0.3 is 0 Å². The SMILES string of the molecule is NC(=O)C=CCCCCCCCCCCCCCCCCCCCCCCCCCCCCCCCCCC=CC(N)=O. The highest BCUT2D eigenvalue weighted by Crippen LogP contribution is 2.17. The first-order chi connectivity index (χ1) is 21.1. The summed E-state index contributed by atoms with van der Waals surface area (Å²) in [6.45, 7) is 0. The summed E-state index contributed by atoms with van der Waals surface area (Å²) in [5, 5.41) is 0. The molecule has 0 saturated carbocycles. The van der Waals surface area contributed by atoms with Crippen LogP contribution in [0, 0.1) is 0 Å². The van der Waals surface area contributed by atoms with E-state index in [2.05, 4.69) is 0 Å². The third kappa shape index (κ3) is 40.4. The van der Waals surface area contributed by atoms with E-state index in [-0.39, 0.29) is 11.8 Å². The van der Waals surface area contributed by atoms with E-state index in [1.807, 2.05) is 12.2 Å². The van der Waals surface area contributed by atoms with Gasteiger partial charge in [-0.1, -0.05) is 198 Å². The van der Waals surface area contributed by atoms with E-state index in [0.29, 0.717) is 0 Å². The smallest absolute Gasteiger partial charge is 0.241 e. The van der Waals surface area contributed by atoms with Gasteiger partial charge in [0.15, 0.2) is 0 Å². The Bertz CT molecular complexity index is 589. The molecule has 252 valence electrons. The second-order valence-electron chi connectivity index (χ2n) is 13.1. The van der Waals surface area contributed by atoms with Crippen molar-refractivity contribution in [2.24, 2.45) is 11.5 Å². The number of hydrogen-bond donors (Lipinski definition) is 2. The average Bonchev–Trinajstić information content (AvgIpc) is 2.98. The number of primary amides is 2. The zero-order chi connectivity index (χ0) is 31.3. The van der Waals surface area contributed by atoms with Crippen molar-refractivity contribution in [2.75, 3.05) is 0 Å². The van der Waals surface area contributed by atoms with Crippen LogP contribution in [-0.2, 0) is 9.59 Å². The molecule has 0 aromatic carbocycles. The molecule has 0 fully saturated rings. The van der Waals surface area contributed by atoms with Crippen molar-refractivity contribution in [1.29, 1.82) is 0 Å². The van der Waals surface area contributed by atoms with Crippen LogP contribution >= 0.6 is 0 Å². The molecule has 4 nitrogen and oxygen atoms in total. The van der Waals surface area contributed by atoms with Gasteiger partial charge in [0, 0.05) is 0 Å². The Balaban J connectivity index is 3.07. The Labute approximate surface area is 268 Å². The summed E-state index contributed by atoms with van der Waals surface area (Å²) in [6.07, 6.45) is 52.1. The maximum Gasteiger partial charge on any atom is 0.241 e. The van der Waals surface area contributed by atoms with Gasteiger partial charge in [-0.25, -0.2) is 0 Å². The Kier molecular flexibility index (Phi) is 35.3. The highest BCUT2D eigenvalue weighted by Gasteiger charge is 1.97. The van der Waals surface area contributed by atoms with Crippen molar-refractivity contribution in [2.45, 2.75) is 212 Å². The molecule has 0 aromatic heterocycles. The number of carbonyl (C=O) groups excluding carboxylic acids is 2. The molecular formula is C39H74N2O2. The first-order valence-electron chi connectivity index (χ1n) is 19.0. The molecule has 0 radical (unpaired) electrons. The summed E-state index contributed by atoms with van der Waals surface area (Å²) in [4.78, 5) is 21.2. The molecule has 0 atom stereocenters. The Hall–Kier alpha value is -1.58. The van der Waals surface area contributed by atoms with Crippen molar-refractivity contribution < 1.29 is 9.59 Å². The van der Waals surface area contributed by atoms with Crippen LogP contribution in [0.4, 0.5) is 0 Å². The predicted molar refractivity (Wildman–Crippen MR) is 189 cm³/mol. The number of unbranched alkanes of at least 4 members (excludes halogenated alkanes) is 32. The number of hydrogen-bond acceptors (Lipinski definition) is 2. The molecule has 0 bridgehead atoms. The Morgan fingerprint density at radius 1 is 0.279 bits per heavy atom. The minimum absolute atomic E-state index is 0.333. The summed E-state index contributed by atoms with van der Waals surface area (Å²) in [5.74, 6) is -0.666. The van der Waals surface area contributed by atoms with Crippen LogP contribution in [0.2, 0.25) is 0 Å². The molecule has 0 aliphatic heterocycles. The van der Waals surface area contributed by atoms with Crippen LogP contribution < -0.4 is 11.5 Å². The monoisotopic (exact) mass is 603 g/mol. The van der Waals surface area contributed by atoms with E-state index in [1.54, 1.807) is 0 Å². The van der Waals surface area contributed by atoms with Gasteiger partial charge in [0.1, 0.15) is 0 Å². The van der Waals surface area contributed by atoms with Crippen LogP contribution in [-0.4, -0.2) is 11.8 Å². The van der Waals surface area contributed by atoms with Gasteiger partial charge in [0.25, 0.3) is 0 Å². The van der Waals surface area contributed by atoms with Crippen molar-refractivity contribution in [3.63, 3.8) is 0 Å². The third-order valence-corrected chi connectivity index (χ3v) is 8.81. The second kappa shape index (κ2) is 36.6. The summed E-state index contributed by atoms with van der Waals surface area (Å²) in [5.41, 5.74) is 10.2. The summed E-state index contributed by atoms with van der Waals surface area (Å²) in [7, 11) is 0. The van der Waals surface area contributed by atoms with Crippen LogP contribution in [0.25, 0.3) is 0 Å². The van der Waals surface area contributed by atoms with Gasteiger partial charge in [-0.15, -0.1) is 0 Å². The zero-order valence-electron chi connectivity index (χ0n) is 28.6. The topological polar surface area (TPSA) is 86.2 Å². The summed E-state index contributed by atoms with van der Waals surface area (Å²) >= 11 is 0. The molecule has 0 rings (SSSR count). The fourth-order valence-electron chi connectivity index (χ4n) is 6.05. The average molecular weight is 603 g/mol. The molecule has 0 spiro atoms. The highest BCUT2D eigenvalue weighted by atomic mass is 16.1. The van der Waals surface area contributed by atoms with Gasteiger partial charge in [0.2, 0.25) is 11.8 Å². The molecule has 0 aliphatic carbocycles. The standard InChI is InChI=1S/C39H74N2O2/c40-38(42)36-34-32-30-28-26-24-22-20-18-16-14-12-10-8-6-4-2-1-3-5-7-9-11-13-15-17-19-21-23-25-27-29-31-33-35-37-39(41)43/h34-37H,1-33H2,(H2,40,42)(H2,41,43). The van der Waals surface area contributed by atoms with Crippen LogP contribution in [0.5, 0.6) is 0 Å². The molecular weight excluding hydrogens is 528 g/mol. The number of nitrogens with two attached hydrogens (primary N) is 2.